The minimum atomic E-state index is -0.443. The number of carbonyl (C=O) groups excluding carboxylic acids is 1. The largest absolute Gasteiger partial charge is 0.483 e. The molecule has 0 heterocycles. The van der Waals surface area contributed by atoms with Gasteiger partial charge in [0, 0.05) is 30.9 Å². The highest BCUT2D eigenvalue weighted by atomic mass is 16.6. The van der Waals surface area contributed by atoms with Crippen molar-refractivity contribution in [3.63, 3.8) is 0 Å². The highest BCUT2D eigenvalue weighted by molar-refractivity contribution is 5.77. The maximum Gasteiger partial charge on any atom is 0.269 e. The van der Waals surface area contributed by atoms with Crippen LogP contribution >= 0.6 is 0 Å². The summed E-state index contributed by atoms with van der Waals surface area (Å²) >= 11 is 0. The van der Waals surface area contributed by atoms with Crippen molar-refractivity contribution in [1.29, 1.82) is 0 Å². The van der Waals surface area contributed by atoms with Gasteiger partial charge in [0.25, 0.3) is 11.6 Å². The first-order valence-corrected chi connectivity index (χ1v) is 8.75. The Hall–Kier alpha value is -3.09. The van der Waals surface area contributed by atoms with Crippen LogP contribution in [-0.2, 0) is 10.2 Å². The number of benzene rings is 2. The maximum atomic E-state index is 12.0. The van der Waals surface area contributed by atoms with Crippen molar-refractivity contribution >= 4 is 17.3 Å². The maximum absolute atomic E-state index is 12.0. The van der Waals surface area contributed by atoms with Crippen molar-refractivity contribution in [2.45, 2.75) is 26.2 Å². The number of amides is 1. The molecule has 144 valence electrons. The topological polar surface area (TPSA) is 93.5 Å². The molecule has 2 N–H and O–H groups in total. The van der Waals surface area contributed by atoms with Crippen LogP contribution in [0.4, 0.5) is 11.4 Å². The van der Waals surface area contributed by atoms with Crippen LogP contribution < -0.4 is 15.4 Å². The lowest BCUT2D eigenvalue weighted by atomic mass is 9.86. The highest BCUT2D eigenvalue weighted by Crippen LogP contribution is 2.30. The van der Waals surface area contributed by atoms with E-state index in [9.17, 15) is 14.9 Å². The molecule has 2 rings (SSSR count). The van der Waals surface area contributed by atoms with Gasteiger partial charge in [-0.05, 0) is 29.2 Å². The average Bonchev–Trinajstić information content (AvgIpc) is 2.63. The Morgan fingerprint density at radius 3 is 2.37 bits per heavy atom. The SMILES string of the molecule is CC(C)(C)c1ccccc1OCC(=O)NCCNc1ccc([N+](=O)[O-])cc1. The van der Waals surface area contributed by atoms with Crippen LogP contribution in [-0.4, -0.2) is 30.5 Å². The normalized spacial score (nSPS) is 10.9. The van der Waals surface area contributed by atoms with Gasteiger partial charge in [0.1, 0.15) is 5.75 Å². The Bertz CT molecular complexity index is 783. The first-order chi connectivity index (χ1) is 12.8. The fourth-order valence-electron chi connectivity index (χ4n) is 2.52. The number of ether oxygens (including phenoxy) is 1. The Balaban J connectivity index is 1.73. The molecule has 2 aromatic rings. The van der Waals surface area contributed by atoms with Gasteiger partial charge in [-0.25, -0.2) is 0 Å². The molecule has 27 heavy (non-hydrogen) atoms. The summed E-state index contributed by atoms with van der Waals surface area (Å²) in [7, 11) is 0. The van der Waals surface area contributed by atoms with E-state index in [1.807, 2.05) is 24.3 Å². The fourth-order valence-corrected chi connectivity index (χ4v) is 2.52. The van der Waals surface area contributed by atoms with Crippen molar-refractivity contribution in [3.05, 3.63) is 64.2 Å². The number of nitrogens with zero attached hydrogens (tertiary/aromatic N) is 1. The molecule has 0 aliphatic carbocycles. The molecule has 7 nitrogen and oxygen atoms in total. The number of hydrogen-bond donors (Lipinski definition) is 2. The van der Waals surface area contributed by atoms with E-state index in [2.05, 4.69) is 31.4 Å². The lowest BCUT2D eigenvalue weighted by Crippen LogP contribution is -2.33. The summed E-state index contributed by atoms with van der Waals surface area (Å²) in [5.41, 5.74) is 1.78. The van der Waals surface area contributed by atoms with E-state index in [1.165, 1.54) is 12.1 Å². The van der Waals surface area contributed by atoms with Gasteiger partial charge in [-0.1, -0.05) is 39.0 Å². The predicted molar refractivity (Wildman–Crippen MR) is 105 cm³/mol. The minimum absolute atomic E-state index is 0.0431. The number of rotatable bonds is 8. The summed E-state index contributed by atoms with van der Waals surface area (Å²) < 4.78 is 5.68. The molecule has 0 bridgehead atoms. The third kappa shape index (κ3) is 6.29. The Morgan fingerprint density at radius 2 is 1.74 bits per heavy atom. The van der Waals surface area contributed by atoms with Gasteiger partial charge in [0.05, 0.1) is 4.92 Å². The molecule has 0 aliphatic heterocycles. The third-order valence-electron chi connectivity index (χ3n) is 3.91. The van der Waals surface area contributed by atoms with E-state index in [0.717, 1.165) is 11.3 Å². The Labute approximate surface area is 158 Å². The molecule has 0 radical (unpaired) electrons. The van der Waals surface area contributed by atoms with Crippen LogP contribution in [0.15, 0.2) is 48.5 Å². The van der Waals surface area contributed by atoms with Crippen molar-refractivity contribution < 1.29 is 14.5 Å². The van der Waals surface area contributed by atoms with Gasteiger partial charge >= 0.3 is 0 Å². The van der Waals surface area contributed by atoms with E-state index < -0.39 is 4.92 Å². The van der Waals surface area contributed by atoms with E-state index in [4.69, 9.17) is 4.74 Å². The number of nitro groups is 1. The van der Waals surface area contributed by atoms with Crippen molar-refractivity contribution in [1.82, 2.24) is 5.32 Å². The molecular formula is C20H25N3O4. The van der Waals surface area contributed by atoms with Crippen LogP contribution in [0.2, 0.25) is 0 Å². The number of para-hydroxylation sites is 1. The smallest absolute Gasteiger partial charge is 0.269 e. The summed E-state index contributed by atoms with van der Waals surface area (Å²) in [6.45, 7) is 7.16. The summed E-state index contributed by atoms with van der Waals surface area (Å²) in [5, 5.41) is 16.5. The van der Waals surface area contributed by atoms with Gasteiger partial charge in [0.2, 0.25) is 0 Å². The van der Waals surface area contributed by atoms with E-state index in [-0.39, 0.29) is 23.6 Å². The third-order valence-corrected chi connectivity index (χ3v) is 3.91. The molecular weight excluding hydrogens is 346 g/mol. The lowest BCUT2D eigenvalue weighted by molar-refractivity contribution is -0.384. The zero-order valence-corrected chi connectivity index (χ0v) is 15.8. The van der Waals surface area contributed by atoms with E-state index in [1.54, 1.807) is 12.1 Å². The van der Waals surface area contributed by atoms with Crippen LogP contribution in [0.1, 0.15) is 26.3 Å². The minimum Gasteiger partial charge on any atom is -0.483 e. The molecule has 0 aliphatic rings. The summed E-state index contributed by atoms with van der Waals surface area (Å²) in [6.07, 6.45) is 0. The summed E-state index contributed by atoms with van der Waals surface area (Å²) in [6, 6.07) is 13.8. The van der Waals surface area contributed by atoms with Crippen molar-refractivity contribution in [3.8, 4) is 5.75 Å². The molecule has 0 saturated carbocycles. The van der Waals surface area contributed by atoms with Gasteiger partial charge < -0.3 is 15.4 Å². The number of nitrogens with one attached hydrogen (secondary N) is 2. The molecule has 0 unspecified atom stereocenters. The second-order valence-electron chi connectivity index (χ2n) is 7.12. The second kappa shape index (κ2) is 9.02. The second-order valence-corrected chi connectivity index (χ2v) is 7.12. The molecule has 0 atom stereocenters. The number of nitro benzene ring substituents is 1. The molecule has 0 saturated heterocycles. The first kappa shape index (κ1) is 20.2. The zero-order chi connectivity index (χ0) is 19.9. The van der Waals surface area contributed by atoms with Gasteiger partial charge in [-0.2, -0.15) is 0 Å². The van der Waals surface area contributed by atoms with Crippen molar-refractivity contribution in [2.75, 3.05) is 25.0 Å². The summed E-state index contributed by atoms with van der Waals surface area (Å²) in [4.78, 5) is 22.1. The van der Waals surface area contributed by atoms with Gasteiger partial charge in [0.15, 0.2) is 6.61 Å². The Kier molecular flexibility index (Phi) is 6.76. The van der Waals surface area contributed by atoms with Gasteiger partial charge in [-0.15, -0.1) is 0 Å². The molecule has 0 aromatic heterocycles. The lowest BCUT2D eigenvalue weighted by Gasteiger charge is -2.22. The molecule has 2 aromatic carbocycles. The molecule has 1 amide bonds. The number of hydrogen-bond acceptors (Lipinski definition) is 5. The summed E-state index contributed by atoms with van der Waals surface area (Å²) in [5.74, 6) is 0.508. The van der Waals surface area contributed by atoms with Crippen LogP contribution in [0.25, 0.3) is 0 Å². The van der Waals surface area contributed by atoms with Gasteiger partial charge in [-0.3, -0.25) is 14.9 Å². The average molecular weight is 371 g/mol. The van der Waals surface area contributed by atoms with Crippen LogP contribution in [0, 0.1) is 10.1 Å². The zero-order valence-electron chi connectivity index (χ0n) is 15.8. The van der Waals surface area contributed by atoms with Crippen LogP contribution in [0.3, 0.4) is 0 Å². The van der Waals surface area contributed by atoms with E-state index >= 15 is 0 Å². The fraction of sp³-hybridized carbons (Fsp3) is 0.350. The first-order valence-electron chi connectivity index (χ1n) is 8.75. The number of non-ortho nitro benzene ring substituents is 1. The quantitative estimate of drug-likeness (QED) is 0.421. The number of carbonyl (C=O) groups is 1. The van der Waals surface area contributed by atoms with Crippen LogP contribution in [0.5, 0.6) is 5.75 Å². The molecule has 0 spiro atoms. The number of anilines is 1. The monoisotopic (exact) mass is 371 g/mol. The molecule has 0 fully saturated rings. The Morgan fingerprint density at radius 1 is 1.07 bits per heavy atom. The van der Waals surface area contributed by atoms with E-state index in [0.29, 0.717) is 18.8 Å². The predicted octanol–water partition coefficient (Wildman–Crippen LogP) is 3.50. The van der Waals surface area contributed by atoms with Crippen molar-refractivity contribution in [2.24, 2.45) is 0 Å². The molecule has 7 heteroatoms. The highest BCUT2D eigenvalue weighted by Gasteiger charge is 2.18. The standard InChI is InChI=1S/C20H25N3O4/c1-20(2,3)17-6-4-5-7-18(17)27-14-19(24)22-13-12-21-15-8-10-16(11-9-15)23(25)26/h4-11,21H,12-14H2,1-3H3,(H,22,24).